The molecule has 18 heteroatoms. The number of carboxylic acids is 2. The van der Waals surface area contributed by atoms with Gasteiger partial charge >= 0.3 is 29.8 Å². The van der Waals surface area contributed by atoms with Gasteiger partial charge in [-0.2, -0.15) is 0 Å². The third-order valence-corrected chi connectivity index (χ3v) is 12.8. The lowest BCUT2D eigenvalue weighted by Crippen LogP contribution is -2.59. The predicted octanol–water partition coefficient (Wildman–Crippen LogP) is 8.39. The molecule has 0 aromatic carbocycles. The summed E-state index contributed by atoms with van der Waals surface area (Å²) in [5.41, 5.74) is -1.68. The highest BCUT2D eigenvalue weighted by atomic mass is 16.6. The maximum absolute atomic E-state index is 13.7. The van der Waals surface area contributed by atoms with Gasteiger partial charge in [0, 0.05) is 45.1 Å². The summed E-state index contributed by atoms with van der Waals surface area (Å²) in [5, 5.41) is 26.0. The van der Waals surface area contributed by atoms with Crippen molar-refractivity contribution in [3.05, 3.63) is 0 Å². The van der Waals surface area contributed by atoms with E-state index in [1.54, 1.807) is 0 Å². The van der Waals surface area contributed by atoms with Crippen molar-refractivity contribution in [2.75, 3.05) is 32.9 Å². The number of amides is 4. The Morgan fingerprint density at radius 2 is 0.930 bits per heavy atom. The lowest BCUT2D eigenvalue weighted by atomic mass is 10.0. The highest BCUT2D eigenvalue weighted by Crippen LogP contribution is 2.19. The number of carbonyl (C=O) groups is 9. The van der Waals surface area contributed by atoms with Gasteiger partial charge in [0.15, 0.2) is 0 Å². The number of carbonyl (C=O) groups excluding carboxylic acids is 7. The van der Waals surface area contributed by atoms with E-state index in [4.69, 9.17) is 19.3 Å². The van der Waals surface area contributed by atoms with Crippen LogP contribution in [0.2, 0.25) is 0 Å². The molecule has 5 N–H and O–H groups in total. The second-order valence-corrected chi connectivity index (χ2v) is 19.3. The van der Waals surface area contributed by atoms with Crippen molar-refractivity contribution in [1.82, 2.24) is 20.9 Å². The van der Waals surface area contributed by atoms with Crippen LogP contribution in [-0.4, -0.2) is 119 Å². The van der Waals surface area contributed by atoms with Gasteiger partial charge in [-0.1, -0.05) is 156 Å². The Morgan fingerprint density at radius 1 is 0.535 bits per heavy atom. The summed E-state index contributed by atoms with van der Waals surface area (Å²) >= 11 is 0. The van der Waals surface area contributed by atoms with Crippen LogP contribution in [0.4, 0.5) is 0 Å². The highest BCUT2D eigenvalue weighted by molar-refractivity contribution is 5.93. The van der Waals surface area contributed by atoms with Crippen molar-refractivity contribution in [1.29, 1.82) is 0 Å². The molecule has 0 aliphatic carbocycles. The molecule has 18 nitrogen and oxygen atoms in total. The normalized spacial score (nSPS) is 13.8. The quantitative estimate of drug-likeness (QED) is 0.0218. The second-order valence-electron chi connectivity index (χ2n) is 19.3. The van der Waals surface area contributed by atoms with Crippen LogP contribution in [0, 0.1) is 0 Å². The van der Waals surface area contributed by atoms with Gasteiger partial charge in [0.1, 0.15) is 37.4 Å². The molecule has 2 unspecified atom stereocenters. The number of rotatable bonds is 45. The second kappa shape index (κ2) is 40.8. The molecule has 1 aliphatic rings. The van der Waals surface area contributed by atoms with Crippen molar-refractivity contribution in [3.63, 3.8) is 0 Å². The third-order valence-electron chi connectivity index (χ3n) is 12.8. The summed E-state index contributed by atoms with van der Waals surface area (Å²) in [6, 6.07) is -2.49. The van der Waals surface area contributed by atoms with E-state index in [1.165, 1.54) is 43.4 Å². The molecule has 4 amide bonds. The Balaban J connectivity index is 3.07. The average molecular weight is 1010 g/mol. The Hall–Kier alpha value is -4.77. The maximum atomic E-state index is 13.7. The minimum absolute atomic E-state index is 0.132. The van der Waals surface area contributed by atoms with E-state index >= 15 is 0 Å². The van der Waals surface area contributed by atoms with E-state index in [0.717, 1.165) is 96.3 Å². The minimum Gasteiger partial charge on any atom is -0.481 e. The lowest BCUT2D eigenvalue weighted by molar-refractivity contribution is -0.159. The fraction of sp³-hybridized carbons (Fsp3) is 0.830. The van der Waals surface area contributed by atoms with Crippen LogP contribution in [0.5, 0.6) is 0 Å². The number of aliphatic carboxylic acids is 2. The van der Waals surface area contributed by atoms with Crippen LogP contribution in [0.25, 0.3) is 0 Å². The minimum atomic E-state index is -1.68. The number of nitrogens with zero attached hydrogens (tertiary/aromatic N) is 1. The zero-order chi connectivity index (χ0) is 52.5. The molecule has 2 atom stereocenters. The van der Waals surface area contributed by atoms with E-state index in [2.05, 4.69) is 36.7 Å². The zero-order valence-corrected chi connectivity index (χ0v) is 43.8. The molecule has 0 aromatic rings. The first-order valence-electron chi connectivity index (χ1n) is 27.3. The molecule has 71 heavy (non-hydrogen) atoms. The first-order valence-corrected chi connectivity index (χ1v) is 27.3. The van der Waals surface area contributed by atoms with Crippen molar-refractivity contribution in [3.8, 4) is 0 Å². The van der Waals surface area contributed by atoms with Gasteiger partial charge in [0.2, 0.25) is 23.6 Å². The molecule has 0 spiro atoms. The predicted molar refractivity (Wildman–Crippen MR) is 269 cm³/mol. The number of unbranched alkanes of at least 4 members (excludes halogenated alkanes) is 21. The Bertz CT molecular complexity index is 1490. The fourth-order valence-electron chi connectivity index (χ4n) is 8.40. The fourth-order valence-corrected chi connectivity index (χ4v) is 8.40. The monoisotopic (exact) mass is 1010 g/mol. The van der Waals surface area contributed by atoms with Gasteiger partial charge in [-0.05, 0) is 38.5 Å². The van der Waals surface area contributed by atoms with Gasteiger partial charge in [-0.25, -0.2) is 4.79 Å². The maximum Gasteiger partial charge on any atom is 0.326 e. The number of nitrogens with one attached hydrogen (secondary N) is 3. The van der Waals surface area contributed by atoms with Gasteiger partial charge in [0.05, 0.1) is 6.54 Å². The lowest BCUT2D eigenvalue weighted by Gasteiger charge is -2.33. The SMILES string of the molecule is CCCCCCCCCCC(=O)OCC(COC(=O)CCCCCCCCCC)(COC(=O)CCCCCCCCCC)NC(=O)CCC(=O)NCC(=O)N1CCCC1C(=O)NC(CCC(=O)O)C(=O)O. The summed E-state index contributed by atoms with van der Waals surface area (Å²) in [4.78, 5) is 116. The van der Waals surface area contributed by atoms with Crippen LogP contribution < -0.4 is 16.0 Å². The number of hydrogen-bond donors (Lipinski definition) is 5. The van der Waals surface area contributed by atoms with Crippen molar-refractivity contribution >= 4 is 53.5 Å². The topological polar surface area (TPSA) is 261 Å². The van der Waals surface area contributed by atoms with E-state index in [0.29, 0.717) is 25.7 Å². The highest BCUT2D eigenvalue weighted by Gasteiger charge is 2.39. The number of esters is 3. The van der Waals surface area contributed by atoms with Crippen LogP contribution in [-0.2, 0) is 57.4 Å². The summed E-state index contributed by atoms with van der Waals surface area (Å²) in [5.74, 6) is -6.95. The van der Waals surface area contributed by atoms with E-state index in [-0.39, 0.29) is 38.6 Å². The zero-order valence-electron chi connectivity index (χ0n) is 43.8. The van der Waals surface area contributed by atoms with Gasteiger partial charge in [-0.15, -0.1) is 0 Å². The number of ether oxygens (including phenoxy) is 3. The molecule has 0 saturated carbocycles. The number of hydrogen-bond acceptors (Lipinski definition) is 12. The molecule has 0 bridgehead atoms. The third kappa shape index (κ3) is 32.8. The van der Waals surface area contributed by atoms with Gasteiger partial charge in [0.25, 0.3) is 0 Å². The summed E-state index contributed by atoms with van der Waals surface area (Å²) in [6.45, 7) is 4.74. The van der Waals surface area contributed by atoms with Gasteiger partial charge in [-0.3, -0.25) is 38.4 Å². The number of likely N-dealkylation sites (tertiary alicyclic amines) is 1. The molecule has 0 radical (unpaired) electrons. The van der Waals surface area contributed by atoms with Crippen molar-refractivity contribution < 1.29 is 67.6 Å². The Morgan fingerprint density at radius 3 is 1.32 bits per heavy atom. The molecule has 1 rings (SSSR count). The van der Waals surface area contributed by atoms with E-state index < -0.39 is 117 Å². The summed E-state index contributed by atoms with van der Waals surface area (Å²) in [7, 11) is 0. The summed E-state index contributed by atoms with van der Waals surface area (Å²) < 4.78 is 17.2. The van der Waals surface area contributed by atoms with Crippen LogP contribution in [0.1, 0.15) is 233 Å². The Labute approximate surface area is 424 Å². The largest absolute Gasteiger partial charge is 0.481 e. The first kappa shape index (κ1) is 64.2. The molecule has 1 saturated heterocycles. The first-order chi connectivity index (χ1) is 34.2. The summed E-state index contributed by atoms with van der Waals surface area (Å²) in [6.07, 6.45) is 24.1. The molecule has 0 aromatic heterocycles. The molecule has 1 aliphatic heterocycles. The van der Waals surface area contributed by atoms with Crippen molar-refractivity contribution in [2.24, 2.45) is 0 Å². The number of carboxylic acid groups (broad SMARTS) is 2. The van der Waals surface area contributed by atoms with Crippen LogP contribution in [0.15, 0.2) is 0 Å². The molecule has 1 heterocycles. The van der Waals surface area contributed by atoms with E-state index in [1.807, 2.05) is 0 Å². The van der Waals surface area contributed by atoms with E-state index in [9.17, 15) is 48.3 Å². The molecule has 408 valence electrons. The van der Waals surface area contributed by atoms with Gasteiger partial charge < -0.3 is 45.3 Å². The molecular formula is C53H92N4O14. The van der Waals surface area contributed by atoms with Crippen LogP contribution >= 0.6 is 0 Å². The molecular weight excluding hydrogens is 917 g/mol. The smallest absolute Gasteiger partial charge is 0.326 e. The Kier molecular flexibility index (Phi) is 36.9. The van der Waals surface area contributed by atoms with Crippen LogP contribution in [0.3, 0.4) is 0 Å². The standard InChI is InChI=1S/C53H92N4O14/c1-4-7-10-13-16-19-22-25-30-48(63)69-39-53(40-70-49(64)31-26-23-20-17-14-11-8-5-2,41-71-50(65)32-27-24-21-18-15-12-9-6-3)56-45(59)35-34-44(58)54-38-46(60)57-37-28-29-43(57)51(66)55-42(52(67)68)33-36-47(61)62/h42-43H,4-41H2,1-3H3,(H,54,58)(H,55,66)(H,56,59)(H,61,62)(H,67,68). The van der Waals surface area contributed by atoms with Crippen molar-refractivity contribution in [2.45, 2.75) is 250 Å². The average Bonchev–Trinajstić information content (AvgIpc) is 3.85. The molecule has 1 fully saturated rings.